The Bertz CT molecular complexity index is 925. The Morgan fingerprint density at radius 2 is 2.04 bits per heavy atom. The molecule has 120 valence electrons. The zero-order valence-corrected chi connectivity index (χ0v) is 13.0. The molecule has 3 rings (SSSR count). The van der Waals surface area contributed by atoms with E-state index < -0.39 is 12.1 Å². The van der Waals surface area contributed by atoms with Crippen molar-refractivity contribution in [3.05, 3.63) is 59.8 Å². The van der Waals surface area contributed by atoms with Gasteiger partial charge in [0, 0.05) is 11.1 Å². The fraction of sp³-hybridized carbons (Fsp3) is 0.111. The van der Waals surface area contributed by atoms with Crippen molar-refractivity contribution in [2.24, 2.45) is 0 Å². The van der Waals surface area contributed by atoms with Crippen LogP contribution in [0.25, 0.3) is 10.9 Å². The number of rotatable bonds is 3. The van der Waals surface area contributed by atoms with Gasteiger partial charge in [0.15, 0.2) is 5.75 Å². The number of fused-ring (bicyclic) bond motifs is 1. The second-order valence-corrected chi connectivity index (χ2v) is 5.39. The van der Waals surface area contributed by atoms with Gasteiger partial charge in [0.1, 0.15) is 6.04 Å². The number of amides is 1. The van der Waals surface area contributed by atoms with Crippen molar-refractivity contribution in [3.8, 4) is 11.8 Å². The number of benzene rings is 2. The average molecular weight is 320 g/mol. The summed E-state index contributed by atoms with van der Waals surface area (Å²) < 4.78 is 5.42. The van der Waals surface area contributed by atoms with Crippen LogP contribution in [0.5, 0.6) is 5.75 Å². The number of H-pyrrole nitrogens is 1. The van der Waals surface area contributed by atoms with Gasteiger partial charge in [-0.25, -0.2) is 4.79 Å². The molecule has 0 spiro atoms. The number of nitrogens with zero attached hydrogens (tertiary/aromatic N) is 1. The zero-order valence-electron chi connectivity index (χ0n) is 13.0. The van der Waals surface area contributed by atoms with E-state index in [1.165, 1.54) is 0 Å². The molecule has 0 fully saturated rings. The van der Waals surface area contributed by atoms with Crippen molar-refractivity contribution in [1.29, 1.82) is 5.26 Å². The largest absolute Gasteiger partial charge is 0.414 e. The molecule has 3 aromatic rings. The quantitative estimate of drug-likeness (QED) is 0.643. The number of aromatic nitrogens is 1. The standard InChI is InChI=1S/C18H16N4O2/c1-11-17(14-8-7-13(20)9-15(14)21-11)24-18(23)22-16(10-19)12-5-3-2-4-6-12/h2-9,16,21H,20H2,1H3,(H,22,23). The first kappa shape index (κ1) is 15.4. The lowest BCUT2D eigenvalue weighted by Gasteiger charge is -2.12. The smallest absolute Gasteiger partial charge is 0.408 e. The highest BCUT2D eigenvalue weighted by atomic mass is 16.6. The monoisotopic (exact) mass is 320 g/mol. The SMILES string of the molecule is Cc1[nH]c2cc(N)ccc2c1OC(=O)NC(C#N)c1ccccc1. The molecule has 1 amide bonds. The third kappa shape index (κ3) is 3.01. The van der Waals surface area contributed by atoms with Gasteiger partial charge < -0.3 is 20.8 Å². The highest BCUT2D eigenvalue weighted by Crippen LogP contribution is 2.31. The van der Waals surface area contributed by atoms with E-state index >= 15 is 0 Å². The van der Waals surface area contributed by atoms with E-state index in [1.807, 2.05) is 6.07 Å². The van der Waals surface area contributed by atoms with Crippen LogP contribution in [-0.4, -0.2) is 11.1 Å². The van der Waals surface area contributed by atoms with Gasteiger partial charge in [0.05, 0.1) is 17.3 Å². The molecule has 0 aliphatic carbocycles. The Kier molecular flexibility index (Phi) is 4.08. The molecule has 0 saturated carbocycles. The molecule has 0 saturated heterocycles. The molecule has 1 unspecified atom stereocenters. The van der Waals surface area contributed by atoms with E-state index in [-0.39, 0.29) is 0 Å². The molecular formula is C18H16N4O2. The summed E-state index contributed by atoms with van der Waals surface area (Å²) in [6.45, 7) is 1.80. The maximum atomic E-state index is 12.2. The van der Waals surface area contributed by atoms with Crippen LogP contribution in [0.3, 0.4) is 0 Å². The normalized spacial score (nSPS) is 11.7. The molecule has 6 heteroatoms. The fourth-order valence-corrected chi connectivity index (χ4v) is 2.53. The lowest BCUT2D eigenvalue weighted by atomic mass is 10.1. The van der Waals surface area contributed by atoms with E-state index in [0.717, 1.165) is 10.9 Å². The number of nitrogens with one attached hydrogen (secondary N) is 2. The van der Waals surface area contributed by atoms with E-state index in [4.69, 9.17) is 10.5 Å². The number of carbonyl (C=O) groups is 1. The second kappa shape index (κ2) is 6.34. The lowest BCUT2D eigenvalue weighted by Crippen LogP contribution is -2.30. The second-order valence-electron chi connectivity index (χ2n) is 5.39. The van der Waals surface area contributed by atoms with Gasteiger partial charge in [-0.2, -0.15) is 5.26 Å². The molecule has 0 aliphatic heterocycles. The summed E-state index contributed by atoms with van der Waals surface area (Å²) >= 11 is 0. The van der Waals surface area contributed by atoms with Gasteiger partial charge in [-0.1, -0.05) is 30.3 Å². The number of ether oxygens (including phenoxy) is 1. The molecule has 4 N–H and O–H groups in total. The van der Waals surface area contributed by atoms with Crippen molar-refractivity contribution < 1.29 is 9.53 Å². The highest BCUT2D eigenvalue weighted by Gasteiger charge is 2.18. The number of aromatic amines is 1. The predicted octanol–water partition coefficient (Wildman–Crippen LogP) is 3.41. The number of hydrogen-bond donors (Lipinski definition) is 3. The number of carbonyl (C=O) groups excluding carboxylic acids is 1. The minimum atomic E-state index is -0.778. The number of nitrogens with two attached hydrogens (primary N) is 1. The number of nitrogen functional groups attached to an aromatic ring is 1. The Hall–Kier alpha value is -3.46. The molecule has 1 heterocycles. The van der Waals surface area contributed by atoms with Crippen LogP contribution in [0.1, 0.15) is 17.3 Å². The summed E-state index contributed by atoms with van der Waals surface area (Å²) in [4.78, 5) is 15.3. The molecule has 24 heavy (non-hydrogen) atoms. The minimum absolute atomic E-state index is 0.423. The maximum Gasteiger partial charge on any atom is 0.414 e. The maximum absolute atomic E-state index is 12.2. The van der Waals surface area contributed by atoms with E-state index in [0.29, 0.717) is 22.7 Å². The van der Waals surface area contributed by atoms with Gasteiger partial charge in [0.25, 0.3) is 0 Å². The summed E-state index contributed by atoms with van der Waals surface area (Å²) in [6, 6.07) is 15.6. The molecule has 1 atom stereocenters. The summed E-state index contributed by atoms with van der Waals surface area (Å²) in [5.41, 5.74) is 8.56. The van der Waals surface area contributed by atoms with Crippen LogP contribution in [0, 0.1) is 18.3 Å². The predicted molar refractivity (Wildman–Crippen MR) is 91.4 cm³/mol. The van der Waals surface area contributed by atoms with Gasteiger partial charge in [0.2, 0.25) is 0 Å². The van der Waals surface area contributed by atoms with E-state index in [9.17, 15) is 10.1 Å². The Balaban J connectivity index is 1.80. The average Bonchev–Trinajstić information content (AvgIpc) is 2.88. The summed E-state index contributed by atoms with van der Waals surface area (Å²) in [7, 11) is 0. The fourth-order valence-electron chi connectivity index (χ4n) is 2.53. The van der Waals surface area contributed by atoms with Crippen molar-refractivity contribution in [2.45, 2.75) is 13.0 Å². The molecule has 0 bridgehead atoms. The Labute approximate surface area is 138 Å². The number of anilines is 1. The molecule has 0 aliphatic rings. The first-order chi connectivity index (χ1) is 11.6. The first-order valence-corrected chi connectivity index (χ1v) is 7.39. The van der Waals surface area contributed by atoms with Gasteiger partial charge in [-0.05, 0) is 30.7 Å². The molecule has 1 aromatic heterocycles. The van der Waals surface area contributed by atoms with E-state index in [2.05, 4.69) is 16.4 Å². The summed E-state index contributed by atoms with van der Waals surface area (Å²) in [6.07, 6.45) is -0.689. The van der Waals surface area contributed by atoms with Crippen LogP contribution < -0.4 is 15.8 Å². The first-order valence-electron chi connectivity index (χ1n) is 7.39. The van der Waals surface area contributed by atoms with E-state index in [1.54, 1.807) is 49.4 Å². The summed E-state index contributed by atoms with van der Waals surface area (Å²) in [5, 5.41) is 12.6. The topological polar surface area (TPSA) is 104 Å². The lowest BCUT2D eigenvalue weighted by molar-refractivity contribution is 0.198. The molecule has 6 nitrogen and oxygen atoms in total. The van der Waals surface area contributed by atoms with Crippen LogP contribution in [0.4, 0.5) is 10.5 Å². The number of hydrogen-bond acceptors (Lipinski definition) is 4. The van der Waals surface area contributed by atoms with Crippen molar-refractivity contribution >= 4 is 22.7 Å². The molecule has 2 aromatic carbocycles. The molecular weight excluding hydrogens is 304 g/mol. The van der Waals surface area contributed by atoms with Crippen molar-refractivity contribution in [1.82, 2.24) is 10.3 Å². The van der Waals surface area contributed by atoms with Gasteiger partial charge in [-0.3, -0.25) is 0 Å². The van der Waals surface area contributed by atoms with Crippen LogP contribution in [0.2, 0.25) is 0 Å². The van der Waals surface area contributed by atoms with Crippen LogP contribution in [0.15, 0.2) is 48.5 Å². The van der Waals surface area contributed by atoms with Crippen molar-refractivity contribution in [3.63, 3.8) is 0 Å². The van der Waals surface area contributed by atoms with Gasteiger partial charge in [-0.15, -0.1) is 0 Å². The minimum Gasteiger partial charge on any atom is -0.408 e. The zero-order chi connectivity index (χ0) is 17.1. The Morgan fingerprint density at radius 3 is 2.75 bits per heavy atom. The third-order valence-electron chi connectivity index (χ3n) is 3.67. The third-order valence-corrected chi connectivity index (χ3v) is 3.67. The molecule has 0 radical (unpaired) electrons. The number of aryl methyl sites for hydroxylation is 1. The van der Waals surface area contributed by atoms with Crippen LogP contribution in [-0.2, 0) is 0 Å². The summed E-state index contributed by atoms with van der Waals surface area (Å²) in [5.74, 6) is 0.423. The van der Waals surface area contributed by atoms with Gasteiger partial charge >= 0.3 is 6.09 Å². The number of nitriles is 1. The van der Waals surface area contributed by atoms with Crippen molar-refractivity contribution in [2.75, 3.05) is 5.73 Å². The van der Waals surface area contributed by atoms with Crippen LogP contribution >= 0.6 is 0 Å². The highest BCUT2D eigenvalue weighted by molar-refractivity contribution is 5.91. The Morgan fingerprint density at radius 1 is 1.29 bits per heavy atom.